The van der Waals surface area contributed by atoms with E-state index in [-0.39, 0.29) is 30.5 Å². The van der Waals surface area contributed by atoms with Crippen LogP contribution in [-0.4, -0.2) is 34.5 Å². The van der Waals surface area contributed by atoms with E-state index in [0.717, 1.165) is 37.6 Å². The molecule has 1 unspecified atom stereocenters. The van der Waals surface area contributed by atoms with Crippen molar-refractivity contribution in [3.05, 3.63) is 48.6 Å². The molecule has 3 rings (SSSR count). The topological polar surface area (TPSA) is 67.2 Å². The molecule has 0 bridgehead atoms. The highest BCUT2D eigenvalue weighted by Crippen LogP contribution is 2.26. The van der Waals surface area contributed by atoms with Gasteiger partial charge in [-0.25, -0.2) is 13.8 Å². The minimum atomic E-state index is -0.751. The monoisotopic (exact) mass is 362 g/mol. The standard InChI is InChI=1S/C18H20F2N4O2/c19-14-8-15(20)10-16(9-14)24-11-13(7-17(24)25)18(26)22-3-1-2-5-23-6-4-21-12-23/h4,6,8-10,12-13H,1-3,5,7,11H2,(H,22,26). The number of nitrogens with one attached hydrogen (secondary N) is 1. The maximum atomic E-state index is 13.3. The Kier molecular flexibility index (Phi) is 5.60. The summed E-state index contributed by atoms with van der Waals surface area (Å²) in [6, 6.07) is 2.94. The third-order valence-corrected chi connectivity index (χ3v) is 4.36. The summed E-state index contributed by atoms with van der Waals surface area (Å²) < 4.78 is 28.7. The molecule has 8 heteroatoms. The molecule has 1 fully saturated rings. The van der Waals surface area contributed by atoms with Crippen molar-refractivity contribution in [1.29, 1.82) is 0 Å². The Labute approximate surface area is 149 Å². The summed E-state index contributed by atoms with van der Waals surface area (Å²) in [5.41, 5.74) is 0.142. The normalized spacial score (nSPS) is 16.9. The van der Waals surface area contributed by atoms with Gasteiger partial charge in [0.25, 0.3) is 0 Å². The minimum absolute atomic E-state index is 0.0407. The molecule has 138 valence electrons. The zero-order valence-electron chi connectivity index (χ0n) is 14.2. The number of halogens is 2. The van der Waals surface area contributed by atoms with E-state index < -0.39 is 17.6 Å². The fourth-order valence-corrected chi connectivity index (χ4v) is 3.02. The molecular weight excluding hydrogens is 342 g/mol. The molecule has 1 aromatic carbocycles. The first kappa shape index (κ1) is 18.0. The second-order valence-corrected chi connectivity index (χ2v) is 6.33. The first-order chi connectivity index (χ1) is 12.5. The number of imidazole rings is 1. The summed E-state index contributed by atoms with van der Waals surface area (Å²) in [4.78, 5) is 29.6. The zero-order valence-corrected chi connectivity index (χ0v) is 14.2. The van der Waals surface area contributed by atoms with Gasteiger partial charge in [-0.1, -0.05) is 0 Å². The lowest BCUT2D eigenvalue weighted by Gasteiger charge is -2.17. The van der Waals surface area contributed by atoms with Crippen LogP contribution >= 0.6 is 0 Å². The number of aryl methyl sites for hydroxylation is 1. The third-order valence-electron chi connectivity index (χ3n) is 4.36. The van der Waals surface area contributed by atoms with E-state index in [4.69, 9.17) is 0 Å². The van der Waals surface area contributed by atoms with Gasteiger partial charge in [-0.2, -0.15) is 0 Å². The summed E-state index contributed by atoms with van der Waals surface area (Å²) in [6.07, 6.45) is 7.09. The Morgan fingerprint density at radius 3 is 2.69 bits per heavy atom. The number of hydrogen-bond donors (Lipinski definition) is 1. The smallest absolute Gasteiger partial charge is 0.227 e. The van der Waals surface area contributed by atoms with Crippen molar-refractivity contribution in [2.45, 2.75) is 25.8 Å². The van der Waals surface area contributed by atoms with Crippen LogP contribution in [-0.2, 0) is 16.1 Å². The first-order valence-corrected chi connectivity index (χ1v) is 8.53. The molecule has 1 aliphatic rings. The van der Waals surface area contributed by atoms with Gasteiger partial charge in [0.15, 0.2) is 0 Å². The summed E-state index contributed by atoms with van der Waals surface area (Å²) in [6.45, 7) is 1.48. The Hall–Kier alpha value is -2.77. The van der Waals surface area contributed by atoms with Gasteiger partial charge in [0.2, 0.25) is 11.8 Å². The average Bonchev–Trinajstić information content (AvgIpc) is 3.23. The molecule has 0 spiro atoms. The van der Waals surface area contributed by atoms with Gasteiger partial charge in [-0.15, -0.1) is 0 Å². The molecule has 2 heterocycles. The zero-order chi connectivity index (χ0) is 18.5. The van der Waals surface area contributed by atoms with Crippen molar-refractivity contribution in [3.63, 3.8) is 0 Å². The van der Waals surface area contributed by atoms with Crippen molar-refractivity contribution in [2.24, 2.45) is 5.92 Å². The van der Waals surface area contributed by atoms with Gasteiger partial charge in [0.1, 0.15) is 11.6 Å². The fourth-order valence-electron chi connectivity index (χ4n) is 3.02. The van der Waals surface area contributed by atoms with E-state index in [2.05, 4.69) is 10.3 Å². The Bertz CT molecular complexity index is 759. The van der Waals surface area contributed by atoms with Gasteiger partial charge in [-0.05, 0) is 25.0 Å². The molecule has 1 atom stereocenters. The molecule has 0 aliphatic carbocycles. The largest absolute Gasteiger partial charge is 0.356 e. The number of carbonyl (C=O) groups excluding carboxylic acids is 2. The molecular formula is C18H20F2N4O2. The first-order valence-electron chi connectivity index (χ1n) is 8.53. The van der Waals surface area contributed by atoms with Gasteiger partial charge >= 0.3 is 0 Å². The highest BCUT2D eigenvalue weighted by Gasteiger charge is 2.35. The van der Waals surface area contributed by atoms with Crippen molar-refractivity contribution in [1.82, 2.24) is 14.9 Å². The lowest BCUT2D eigenvalue weighted by molar-refractivity contribution is -0.126. The summed E-state index contributed by atoms with van der Waals surface area (Å²) in [5, 5.41) is 2.83. The van der Waals surface area contributed by atoms with Crippen LogP contribution in [0.15, 0.2) is 36.9 Å². The predicted molar refractivity (Wildman–Crippen MR) is 91.3 cm³/mol. The van der Waals surface area contributed by atoms with Gasteiger partial charge in [0.05, 0.1) is 12.2 Å². The Morgan fingerprint density at radius 1 is 1.23 bits per heavy atom. The van der Waals surface area contributed by atoms with Crippen LogP contribution in [0.4, 0.5) is 14.5 Å². The number of amides is 2. The van der Waals surface area contributed by atoms with Crippen LogP contribution in [0.2, 0.25) is 0 Å². The molecule has 1 aliphatic heterocycles. The van der Waals surface area contributed by atoms with Crippen LogP contribution in [0.3, 0.4) is 0 Å². The van der Waals surface area contributed by atoms with Crippen LogP contribution in [0.5, 0.6) is 0 Å². The second-order valence-electron chi connectivity index (χ2n) is 6.33. The number of aromatic nitrogens is 2. The lowest BCUT2D eigenvalue weighted by atomic mass is 10.1. The molecule has 26 heavy (non-hydrogen) atoms. The average molecular weight is 362 g/mol. The number of carbonyl (C=O) groups is 2. The number of hydrogen-bond acceptors (Lipinski definition) is 3. The number of unbranched alkanes of at least 4 members (excludes halogenated alkanes) is 1. The second kappa shape index (κ2) is 8.07. The van der Waals surface area contributed by atoms with E-state index in [1.165, 1.54) is 4.90 Å². The van der Waals surface area contributed by atoms with Crippen molar-refractivity contribution in [2.75, 3.05) is 18.0 Å². The Morgan fingerprint density at radius 2 is 2.00 bits per heavy atom. The molecule has 1 N–H and O–H groups in total. The molecule has 0 radical (unpaired) electrons. The third kappa shape index (κ3) is 4.44. The highest BCUT2D eigenvalue weighted by atomic mass is 19.1. The van der Waals surface area contributed by atoms with Crippen molar-refractivity contribution < 1.29 is 18.4 Å². The van der Waals surface area contributed by atoms with Gasteiger partial charge in [0, 0.05) is 50.2 Å². The lowest BCUT2D eigenvalue weighted by Crippen LogP contribution is -2.33. The van der Waals surface area contributed by atoms with E-state index in [9.17, 15) is 18.4 Å². The molecule has 2 amide bonds. The number of rotatable bonds is 7. The summed E-state index contributed by atoms with van der Waals surface area (Å²) in [5.74, 6) is -2.53. The van der Waals surface area contributed by atoms with Crippen molar-refractivity contribution in [3.8, 4) is 0 Å². The molecule has 2 aromatic rings. The minimum Gasteiger partial charge on any atom is -0.356 e. The summed E-state index contributed by atoms with van der Waals surface area (Å²) >= 11 is 0. The number of benzene rings is 1. The molecule has 6 nitrogen and oxygen atoms in total. The molecule has 0 saturated carbocycles. The highest BCUT2D eigenvalue weighted by molar-refractivity contribution is 6.00. The van der Waals surface area contributed by atoms with E-state index in [1.54, 1.807) is 12.5 Å². The predicted octanol–water partition coefficient (Wildman–Crippen LogP) is 2.11. The maximum Gasteiger partial charge on any atom is 0.227 e. The fraction of sp³-hybridized carbons (Fsp3) is 0.389. The molecule has 1 saturated heterocycles. The number of anilines is 1. The van der Waals surface area contributed by atoms with E-state index >= 15 is 0 Å². The quantitative estimate of drug-likeness (QED) is 0.767. The van der Waals surface area contributed by atoms with Crippen molar-refractivity contribution >= 4 is 17.5 Å². The van der Waals surface area contributed by atoms with Crippen LogP contribution in [0, 0.1) is 17.6 Å². The number of nitrogens with zero attached hydrogens (tertiary/aromatic N) is 3. The Balaban J connectivity index is 1.46. The van der Waals surface area contributed by atoms with Gasteiger partial charge < -0.3 is 14.8 Å². The molecule has 1 aromatic heterocycles. The van der Waals surface area contributed by atoms with Gasteiger partial charge in [-0.3, -0.25) is 9.59 Å². The van der Waals surface area contributed by atoms with Crippen LogP contribution in [0.25, 0.3) is 0 Å². The summed E-state index contributed by atoms with van der Waals surface area (Å²) in [7, 11) is 0. The van der Waals surface area contributed by atoms with E-state index in [1.807, 2.05) is 10.8 Å². The van der Waals surface area contributed by atoms with E-state index in [0.29, 0.717) is 6.54 Å². The maximum absolute atomic E-state index is 13.3. The SMILES string of the molecule is O=C(NCCCCn1ccnc1)C1CC(=O)N(c2cc(F)cc(F)c2)C1. The van der Waals surface area contributed by atoms with Crippen LogP contribution in [0.1, 0.15) is 19.3 Å². The van der Waals surface area contributed by atoms with Crippen LogP contribution < -0.4 is 10.2 Å².